The molecule has 0 saturated carbocycles. The van der Waals surface area contributed by atoms with Crippen molar-refractivity contribution in [2.24, 2.45) is 5.16 Å². The molecule has 2 aliphatic heterocycles. The Morgan fingerprint density at radius 3 is 2.20 bits per heavy atom. The standard InChI is InChI=1S/C19H28N2O6.C5H10.C3H8/c1-7-12(3)15(22)13-9-19(27-20-13)10-14(16(23)25-8-2)21(11-19)17(24)26-18(4,5)6;1-3-5-4-2;1-3-2/h7,14H,8-11H2,1-6H3;3,5H,4H2,1-2H3;3H2,1-2H3/b12-7+;5-3-;/t14-,19+;;/m0../s1. The van der Waals surface area contributed by atoms with E-state index in [2.05, 4.69) is 38.1 Å². The van der Waals surface area contributed by atoms with Gasteiger partial charge in [-0.2, -0.15) is 0 Å². The summed E-state index contributed by atoms with van der Waals surface area (Å²) in [5.41, 5.74) is -0.770. The zero-order valence-electron chi connectivity index (χ0n) is 23.4. The molecule has 8 nitrogen and oxygen atoms in total. The molecule has 2 aliphatic rings. The molecular formula is C27H46N2O6. The lowest BCUT2D eigenvalue weighted by Gasteiger charge is -2.27. The fraction of sp³-hybridized carbons (Fsp3) is 0.704. The number of hydrogen-bond acceptors (Lipinski definition) is 7. The molecule has 0 aromatic rings. The first-order chi connectivity index (χ1) is 16.3. The van der Waals surface area contributed by atoms with E-state index in [1.807, 2.05) is 6.92 Å². The number of carbonyl (C=O) groups excluding carboxylic acids is 3. The highest BCUT2D eigenvalue weighted by Crippen LogP contribution is 2.39. The number of ether oxygens (including phenoxy) is 2. The van der Waals surface area contributed by atoms with Gasteiger partial charge in [-0.3, -0.25) is 9.69 Å². The summed E-state index contributed by atoms with van der Waals surface area (Å²) in [4.78, 5) is 44.3. The molecule has 200 valence electrons. The average molecular weight is 495 g/mol. The number of Topliss-reactive ketones (excluding diaryl/α,β-unsaturated/α-hetero) is 1. The molecule has 2 atom stereocenters. The molecule has 0 aromatic heterocycles. The SMILES string of the molecule is C/C=C(\C)C(=O)C1=NO[C@]2(C1)C[C@@H](C(=O)OCC)N(C(=O)OC(C)(C)C)C2.C/C=C\CC.CCC. The third-order valence-corrected chi connectivity index (χ3v) is 4.95. The molecule has 2 heterocycles. The van der Waals surface area contributed by atoms with Gasteiger partial charge in [0.05, 0.1) is 13.2 Å². The molecule has 0 N–H and O–H groups in total. The molecule has 0 unspecified atom stereocenters. The maximum absolute atomic E-state index is 12.6. The van der Waals surface area contributed by atoms with Crippen molar-refractivity contribution >= 4 is 23.6 Å². The molecule has 1 saturated heterocycles. The minimum Gasteiger partial charge on any atom is -0.464 e. The van der Waals surface area contributed by atoms with Crippen LogP contribution in [0.5, 0.6) is 0 Å². The van der Waals surface area contributed by atoms with Crippen LogP contribution in [0.25, 0.3) is 0 Å². The predicted molar refractivity (Wildman–Crippen MR) is 139 cm³/mol. The Morgan fingerprint density at radius 2 is 1.77 bits per heavy atom. The van der Waals surface area contributed by atoms with Gasteiger partial charge in [0.2, 0.25) is 5.78 Å². The lowest BCUT2D eigenvalue weighted by atomic mass is 9.91. The predicted octanol–water partition coefficient (Wildman–Crippen LogP) is 6.00. The Balaban J connectivity index is 0.00000126. The molecular weight excluding hydrogens is 448 g/mol. The number of likely N-dealkylation sites (tertiary alicyclic amines) is 1. The molecule has 2 rings (SSSR count). The lowest BCUT2D eigenvalue weighted by molar-refractivity contribution is -0.148. The normalized spacial score (nSPS) is 21.4. The smallest absolute Gasteiger partial charge is 0.411 e. The van der Waals surface area contributed by atoms with Gasteiger partial charge in [-0.25, -0.2) is 9.59 Å². The van der Waals surface area contributed by atoms with Crippen LogP contribution in [0.4, 0.5) is 4.79 Å². The second kappa shape index (κ2) is 15.4. The molecule has 35 heavy (non-hydrogen) atoms. The number of ketones is 1. The van der Waals surface area contributed by atoms with Crippen molar-refractivity contribution in [3.05, 3.63) is 23.8 Å². The molecule has 0 bridgehead atoms. The number of rotatable bonds is 5. The molecule has 1 spiro atoms. The van der Waals surface area contributed by atoms with Crippen LogP contribution in [0.1, 0.15) is 94.9 Å². The van der Waals surface area contributed by atoms with Gasteiger partial charge in [-0.05, 0) is 60.5 Å². The third-order valence-electron chi connectivity index (χ3n) is 4.95. The van der Waals surface area contributed by atoms with Crippen molar-refractivity contribution in [3.63, 3.8) is 0 Å². The number of nitrogens with zero attached hydrogens (tertiary/aromatic N) is 2. The second-order valence-corrected chi connectivity index (χ2v) is 9.55. The molecule has 1 fully saturated rings. The van der Waals surface area contributed by atoms with E-state index >= 15 is 0 Å². The number of hydrogen-bond donors (Lipinski definition) is 0. The van der Waals surface area contributed by atoms with Crippen molar-refractivity contribution in [1.29, 1.82) is 0 Å². The van der Waals surface area contributed by atoms with Crippen LogP contribution < -0.4 is 0 Å². The van der Waals surface area contributed by atoms with E-state index in [-0.39, 0.29) is 31.8 Å². The van der Waals surface area contributed by atoms with Gasteiger partial charge in [0.25, 0.3) is 0 Å². The van der Waals surface area contributed by atoms with Gasteiger partial charge in [-0.15, -0.1) is 0 Å². The fourth-order valence-corrected chi connectivity index (χ4v) is 3.34. The first-order valence-corrected chi connectivity index (χ1v) is 12.5. The fourth-order valence-electron chi connectivity index (χ4n) is 3.34. The van der Waals surface area contributed by atoms with Crippen molar-refractivity contribution in [2.45, 2.75) is 112 Å². The first kappa shape index (κ1) is 32.4. The van der Waals surface area contributed by atoms with E-state index in [4.69, 9.17) is 14.3 Å². The summed E-state index contributed by atoms with van der Waals surface area (Å²) in [5.74, 6) is -0.717. The van der Waals surface area contributed by atoms with Gasteiger partial charge in [0.15, 0.2) is 5.60 Å². The molecule has 0 radical (unpaired) electrons. The van der Waals surface area contributed by atoms with E-state index in [9.17, 15) is 14.4 Å². The summed E-state index contributed by atoms with van der Waals surface area (Å²) in [7, 11) is 0. The molecule has 8 heteroatoms. The maximum Gasteiger partial charge on any atom is 0.411 e. The highest BCUT2D eigenvalue weighted by molar-refractivity contribution is 6.46. The van der Waals surface area contributed by atoms with Crippen LogP contribution in [0.3, 0.4) is 0 Å². The van der Waals surface area contributed by atoms with Crippen LogP contribution in [0.15, 0.2) is 29.0 Å². The van der Waals surface area contributed by atoms with E-state index in [0.29, 0.717) is 11.3 Å². The van der Waals surface area contributed by atoms with E-state index < -0.39 is 29.3 Å². The summed E-state index contributed by atoms with van der Waals surface area (Å²) >= 11 is 0. The summed E-state index contributed by atoms with van der Waals surface area (Å²) in [6.07, 6.45) is 8.10. The Bertz CT molecular complexity index is 794. The highest BCUT2D eigenvalue weighted by Gasteiger charge is 2.55. The molecule has 0 aromatic carbocycles. The topological polar surface area (TPSA) is 94.5 Å². The van der Waals surface area contributed by atoms with Crippen LogP contribution in [0, 0.1) is 0 Å². The lowest BCUT2D eigenvalue weighted by Crippen LogP contribution is -2.44. The van der Waals surface area contributed by atoms with Crippen LogP contribution in [0.2, 0.25) is 0 Å². The van der Waals surface area contributed by atoms with E-state index in [0.717, 1.165) is 6.42 Å². The summed E-state index contributed by atoms with van der Waals surface area (Å²) < 4.78 is 10.5. The van der Waals surface area contributed by atoms with Gasteiger partial charge in [0.1, 0.15) is 17.4 Å². The second-order valence-electron chi connectivity index (χ2n) is 9.55. The molecule has 1 amide bonds. The largest absolute Gasteiger partial charge is 0.464 e. The van der Waals surface area contributed by atoms with Crippen molar-refractivity contribution < 1.29 is 28.7 Å². The van der Waals surface area contributed by atoms with Gasteiger partial charge in [-0.1, -0.05) is 50.6 Å². The van der Waals surface area contributed by atoms with Crippen molar-refractivity contribution in [1.82, 2.24) is 4.90 Å². The van der Waals surface area contributed by atoms with E-state index in [1.165, 1.54) is 11.3 Å². The number of amides is 1. The Morgan fingerprint density at radius 1 is 1.17 bits per heavy atom. The first-order valence-electron chi connectivity index (χ1n) is 12.5. The highest BCUT2D eigenvalue weighted by atomic mass is 16.7. The van der Waals surface area contributed by atoms with Crippen LogP contribution in [-0.2, 0) is 23.9 Å². The Kier molecular flexibility index (Phi) is 14.2. The zero-order chi connectivity index (χ0) is 27.2. The zero-order valence-corrected chi connectivity index (χ0v) is 23.4. The van der Waals surface area contributed by atoms with Crippen molar-refractivity contribution in [3.8, 4) is 0 Å². The Labute approximate surface area is 211 Å². The van der Waals surface area contributed by atoms with Gasteiger partial charge < -0.3 is 14.3 Å². The van der Waals surface area contributed by atoms with Crippen molar-refractivity contribution in [2.75, 3.05) is 13.2 Å². The maximum atomic E-state index is 12.6. The number of carbonyl (C=O) groups is 3. The number of oxime groups is 1. The quantitative estimate of drug-likeness (QED) is 0.264. The minimum atomic E-state index is -0.923. The summed E-state index contributed by atoms with van der Waals surface area (Å²) in [6, 6.07) is -0.840. The van der Waals surface area contributed by atoms with Crippen LogP contribution in [-0.4, -0.2) is 58.9 Å². The molecule has 0 aliphatic carbocycles. The van der Waals surface area contributed by atoms with Crippen LogP contribution >= 0.6 is 0 Å². The van der Waals surface area contributed by atoms with Gasteiger partial charge >= 0.3 is 12.1 Å². The summed E-state index contributed by atoms with van der Waals surface area (Å²) in [6.45, 7) is 19.1. The monoisotopic (exact) mass is 494 g/mol. The average Bonchev–Trinajstić information content (AvgIpc) is 3.37. The minimum absolute atomic E-state index is 0.0978. The Hall–Kier alpha value is -2.64. The summed E-state index contributed by atoms with van der Waals surface area (Å²) in [5, 5.41) is 3.94. The van der Waals surface area contributed by atoms with E-state index in [1.54, 1.807) is 47.6 Å². The third kappa shape index (κ3) is 10.7. The number of allylic oxidation sites excluding steroid dienone is 4. The van der Waals surface area contributed by atoms with Gasteiger partial charge in [0, 0.05) is 12.8 Å². The number of esters is 1.